The van der Waals surface area contributed by atoms with Crippen LogP contribution in [0.3, 0.4) is 0 Å². The van der Waals surface area contributed by atoms with Crippen molar-refractivity contribution in [3.05, 3.63) is 41.2 Å². The van der Waals surface area contributed by atoms with E-state index in [4.69, 9.17) is 5.10 Å². The Balaban J connectivity index is 1.37. The number of rotatable bonds is 2. The number of hydrogen-bond donors (Lipinski definition) is 0. The zero-order valence-corrected chi connectivity index (χ0v) is 14.4. The smallest absolute Gasteiger partial charge is 0.178 e. The van der Waals surface area contributed by atoms with Gasteiger partial charge in [0.1, 0.15) is 5.82 Å². The molecule has 5 rings (SSSR count). The van der Waals surface area contributed by atoms with Gasteiger partial charge in [0.2, 0.25) is 0 Å². The van der Waals surface area contributed by atoms with Crippen molar-refractivity contribution in [2.75, 3.05) is 18.0 Å². The van der Waals surface area contributed by atoms with Crippen LogP contribution >= 0.6 is 0 Å². The number of piperidine rings is 1. The molecule has 1 aliphatic carbocycles. The monoisotopic (exact) mass is 335 g/mol. The van der Waals surface area contributed by atoms with Crippen LogP contribution in [-0.2, 0) is 12.8 Å². The Labute approximate surface area is 146 Å². The Bertz CT molecular complexity index is 907. The molecule has 0 spiro atoms. The van der Waals surface area contributed by atoms with Gasteiger partial charge < -0.3 is 4.90 Å². The van der Waals surface area contributed by atoms with E-state index in [2.05, 4.69) is 31.1 Å². The zero-order chi connectivity index (χ0) is 16.8. The number of aromatic nitrogens is 6. The molecule has 0 saturated carbocycles. The van der Waals surface area contributed by atoms with Gasteiger partial charge >= 0.3 is 0 Å². The molecule has 0 amide bonds. The summed E-state index contributed by atoms with van der Waals surface area (Å²) in [6.45, 7) is 3.88. The number of hydrogen-bond acceptors (Lipinski definition) is 6. The van der Waals surface area contributed by atoms with E-state index in [1.807, 2.05) is 23.8 Å². The van der Waals surface area contributed by atoms with Gasteiger partial charge in [0.15, 0.2) is 11.5 Å². The molecule has 7 nitrogen and oxygen atoms in total. The van der Waals surface area contributed by atoms with Crippen LogP contribution in [0.4, 0.5) is 5.82 Å². The fourth-order valence-electron chi connectivity index (χ4n) is 3.96. The van der Waals surface area contributed by atoms with E-state index in [9.17, 15) is 0 Å². The molecule has 3 aromatic rings. The summed E-state index contributed by atoms with van der Waals surface area (Å²) in [4.78, 5) is 11.2. The highest BCUT2D eigenvalue weighted by atomic mass is 15.4. The lowest BCUT2D eigenvalue weighted by Crippen LogP contribution is -2.34. The van der Waals surface area contributed by atoms with Crippen molar-refractivity contribution in [2.45, 2.75) is 44.9 Å². The minimum atomic E-state index is 0.400. The van der Waals surface area contributed by atoms with Gasteiger partial charge in [-0.3, -0.25) is 4.98 Å². The summed E-state index contributed by atoms with van der Waals surface area (Å²) < 4.78 is 1.98. The third kappa shape index (κ3) is 2.54. The molecule has 0 unspecified atom stereocenters. The van der Waals surface area contributed by atoms with Crippen LogP contribution in [0.25, 0.3) is 5.65 Å². The summed E-state index contributed by atoms with van der Waals surface area (Å²) in [6.07, 6.45) is 9.17. The molecule has 2 aliphatic rings. The van der Waals surface area contributed by atoms with Crippen LogP contribution in [0, 0.1) is 6.92 Å². The standard InChI is InChI=1S/C18H21N7/c1-12-10-20-17(11-19-12)24-7-5-13(6-8-24)18-22-21-16-9-14-3-2-4-15(14)23-25(16)18/h9-11,13H,2-8H2,1H3. The second-order valence-electron chi connectivity index (χ2n) is 7.08. The van der Waals surface area contributed by atoms with Crippen molar-refractivity contribution in [3.63, 3.8) is 0 Å². The normalized spacial score (nSPS) is 18.0. The molecule has 0 N–H and O–H groups in total. The van der Waals surface area contributed by atoms with Crippen molar-refractivity contribution < 1.29 is 0 Å². The molecule has 7 heteroatoms. The molecule has 0 aromatic carbocycles. The minimum absolute atomic E-state index is 0.400. The lowest BCUT2D eigenvalue weighted by atomic mass is 9.96. The predicted octanol–water partition coefficient (Wildman–Crippen LogP) is 2.10. The number of anilines is 1. The quantitative estimate of drug-likeness (QED) is 0.714. The fourth-order valence-corrected chi connectivity index (χ4v) is 3.96. The first kappa shape index (κ1) is 14.7. The fraction of sp³-hybridized carbons (Fsp3) is 0.500. The SMILES string of the molecule is Cc1cnc(N2CCC(c3nnc4cc5c(nn34)CCC5)CC2)cn1. The summed E-state index contributed by atoms with van der Waals surface area (Å²) in [7, 11) is 0. The third-order valence-electron chi connectivity index (χ3n) is 5.39. The maximum Gasteiger partial charge on any atom is 0.178 e. The first-order valence-electron chi connectivity index (χ1n) is 9.05. The van der Waals surface area contributed by atoms with Crippen molar-refractivity contribution in [1.82, 2.24) is 29.8 Å². The van der Waals surface area contributed by atoms with Crippen molar-refractivity contribution in [1.29, 1.82) is 0 Å². The van der Waals surface area contributed by atoms with Gasteiger partial charge in [-0.1, -0.05) is 0 Å². The van der Waals surface area contributed by atoms with Crippen LogP contribution in [0.15, 0.2) is 18.5 Å². The summed E-state index contributed by atoms with van der Waals surface area (Å²) in [6, 6.07) is 2.17. The van der Waals surface area contributed by atoms with Gasteiger partial charge in [0.05, 0.1) is 23.8 Å². The molecule has 0 radical (unpaired) electrons. The Kier molecular flexibility index (Phi) is 3.39. The summed E-state index contributed by atoms with van der Waals surface area (Å²) in [5, 5.41) is 13.7. The molecule has 1 aliphatic heterocycles. The van der Waals surface area contributed by atoms with Gasteiger partial charge in [-0.25, -0.2) is 4.98 Å². The highest BCUT2D eigenvalue weighted by Crippen LogP contribution is 2.29. The van der Waals surface area contributed by atoms with Crippen molar-refractivity contribution in [2.24, 2.45) is 0 Å². The minimum Gasteiger partial charge on any atom is -0.355 e. The lowest BCUT2D eigenvalue weighted by molar-refractivity contribution is 0.474. The number of aryl methyl sites for hydroxylation is 3. The van der Waals surface area contributed by atoms with Gasteiger partial charge in [0.25, 0.3) is 0 Å². The molecule has 0 atom stereocenters. The van der Waals surface area contributed by atoms with Crippen LogP contribution < -0.4 is 4.90 Å². The molecule has 1 saturated heterocycles. The Morgan fingerprint density at radius 2 is 1.92 bits per heavy atom. The van der Waals surface area contributed by atoms with E-state index in [0.29, 0.717) is 5.92 Å². The zero-order valence-electron chi connectivity index (χ0n) is 14.4. The molecule has 0 bridgehead atoms. The molecule has 4 heterocycles. The van der Waals surface area contributed by atoms with Crippen LogP contribution in [0.2, 0.25) is 0 Å². The average molecular weight is 335 g/mol. The third-order valence-corrected chi connectivity index (χ3v) is 5.39. The number of nitrogens with zero attached hydrogens (tertiary/aromatic N) is 7. The highest BCUT2D eigenvalue weighted by molar-refractivity contribution is 5.43. The van der Waals surface area contributed by atoms with E-state index < -0.39 is 0 Å². The van der Waals surface area contributed by atoms with Crippen LogP contribution in [-0.4, -0.2) is 42.9 Å². The van der Waals surface area contributed by atoms with Crippen molar-refractivity contribution in [3.8, 4) is 0 Å². The Morgan fingerprint density at radius 1 is 1.04 bits per heavy atom. The average Bonchev–Trinajstić information content (AvgIpc) is 3.26. The highest BCUT2D eigenvalue weighted by Gasteiger charge is 2.26. The molecule has 1 fully saturated rings. The van der Waals surface area contributed by atoms with E-state index in [0.717, 1.165) is 61.8 Å². The lowest BCUT2D eigenvalue weighted by Gasteiger charge is -2.31. The predicted molar refractivity (Wildman–Crippen MR) is 93.8 cm³/mol. The van der Waals surface area contributed by atoms with Gasteiger partial charge in [-0.2, -0.15) is 9.61 Å². The van der Waals surface area contributed by atoms with Crippen LogP contribution in [0.1, 0.15) is 48.0 Å². The second kappa shape index (κ2) is 5.75. The van der Waals surface area contributed by atoms with E-state index in [-0.39, 0.29) is 0 Å². The van der Waals surface area contributed by atoms with Crippen LogP contribution in [0.5, 0.6) is 0 Å². The maximum atomic E-state index is 4.83. The van der Waals surface area contributed by atoms with Crippen molar-refractivity contribution >= 4 is 11.5 Å². The maximum absolute atomic E-state index is 4.83. The summed E-state index contributed by atoms with van der Waals surface area (Å²) in [5.41, 5.74) is 4.41. The van der Waals surface area contributed by atoms with E-state index >= 15 is 0 Å². The second-order valence-corrected chi connectivity index (χ2v) is 7.08. The van der Waals surface area contributed by atoms with E-state index in [1.54, 1.807) is 0 Å². The molecular formula is C18H21N7. The first-order chi connectivity index (χ1) is 12.3. The largest absolute Gasteiger partial charge is 0.355 e. The molecule has 128 valence electrons. The Hall–Kier alpha value is -2.57. The molecular weight excluding hydrogens is 314 g/mol. The molecule has 3 aromatic heterocycles. The van der Waals surface area contributed by atoms with Gasteiger partial charge in [-0.05, 0) is 50.7 Å². The summed E-state index contributed by atoms with van der Waals surface area (Å²) in [5.74, 6) is 2.38. The number of fused-ring (bicyclic) bond motifs is 2. The van der Waals surface area contributed by atoms with Gasteiger partial charge in [-0.15, -0.1) is 10.2 Å². The Morgan fingerprint density at radius 3 is 2.72 bits per heavy atom. The first-order valence-corrected chi connectivity index (χ1v) is 9.05. The summed E-state index contributed by atoms with van der Waals surface area (Å²) >= 11 is 0. The van der Waals surface area contributed by atoms with Gasteiger partial charge in [0, 0.05) is 19.0 Å². The van der Waals surface area contributed by atoms with E-state index in [1.165, 1.54) is 17.7 Å². The molecule has 25 heavy (non-hydrogen) atoms. The topological polar surface area (TPSA) is 72.1 Å².